The number of rotatable bonds is 3. The van der Waals surface area contributed by atoms with Crippen LogP contribution in [0.15, 0.2) is 66.0 Å². The van der Waals surface area contributed by atoms with E-state index in [-0.39, 0.29) is 5.95 Å². The fourth-order valence-corrected chi connectivity index (χ4v) is 3.47. The number of nitrogens with zero attached hydrogens (tertiary/aromatic N) is 2. The van der Waals surface area contributed by atoms with Gasteiger partial charge >= 0.3 is 0 Å². The Kier molecular flexibility index (Phi) is 3.40. The maximum absolute atomic E-state index is 5.90. The lowest BCUT2D eigenvalue weighted by molar-refractivity contribution is 1.19. The minimum atomic E-state index is 0.260. The van der Waals surface area contributed by atoms with Gasteiger partial charge in [-0.3, -0.25) is 0 Å². The molecule has 4 rings (SSSR count). The Bertz CT molecular complexity index is 963. The molecular formula is C18H14N4S. The van der Waals surface area contributed by atoms with E-state index in [1.807, 2.05) is 48.5 Å². The number of benzene rings is 2. The van der Waals surface area contributed by atoms with E-state index < -0.39 is 0 Å². The lowest BCUT2D eigenvalue weighted by Crippen LogP contribution is -2.01. The van der Waals surface area contributed by atoms with Gasteiger partial charge in [0.1, 0.15) is 5.82 Å². The Balaban J connectivity index is 1.78. The fourth-order valence-electron chi connectivity index (χ4n) is 2.51. The van der Waals surface area contributed by atoms with Crippen LogP contribution < -0.4 is 11.1 Å². The molecule has 112 valence electrons. The van der Waals surface area contributed by atoms with Crippen LogP contribution in [0.4, 0.5) is 17.5 Å². The summed E-state index contributed by atoms with van der Waals surface area (Å²) in [4.78, 5) is 8.68. The van der Waals surface area contributed by atoms with Crippen molar-refractivity contribution in [3.05, 3.63) is 66.0 Å². The zero-order valence-electron chi connectivity index (χ0n) is 12.2. The SMILES string of the molecule is Nc1nc(Nc2ccccc2)cc(-c2csc3ccccc23)n1. The van der Waals surface area contributed by atoms with Crippen molar-refractivity contribution >= 4 is 38.9 Å². The third-order valence-electron chi connectivity index (χ3n) is 3.55. The van der Waals surface area contributed by atoms with Crippen LogP contribution in [0, 0.1) is 0 Å². The van der Waals surface area contributed by atoms with Crippen molar-refractivity contribution in [2.24, 2.45) is 0 Å². The van der Waals surface area contributed by atoms with Gasteiger partial charge in [0.25, 0.3) is 0 Å². The Morgan fingerprint density at radius 3 is 2.57 bits per heavy atom. The summed E-state index contributed by atoms with van der Waals surface area (Å²) in [7, 11) is 0. The van der Waals surface area contributed by atoms with Crippen LogP contribution in [-0.2, 0) is 0 Å². The monoisotopic (exact) mass is 318 g/mol. The maximum atomic E-state index is 5.90. The van der Waals surface area contributed by atoms with Crippen molar-refractivity contribution < 1.29 is 0 Å². The minimum absolute atomic E-state index is 0.260. The van der Waals surface area contributed by atoms with E-state index in [2.05, 4.69) is 32.8 Å². The molecule has 23 heavy (non-hydrogen) atoms. The molecule has 0 aliphatic rings. The zero-order chi connectivity index (χ0) is 15.6. The molecule has 0 aliphatic carbocycles. The van der Waals surface area contributed by atoms with Crippen molar-refractivity contribution in [1.82, 2.24) is 9.97 Å². The first-order valence-corrected chi connectivity index (χ1v) is 8.11. The van der Waals surface area contributed by atoms with Gasteiger partial charge in [0.05, 0.1) is 5.69 Å². The van der Waals surface area contributed by atoms with E-state index in [1.165, 1.54) is 10.1 Å². The van der Waals surface area contributed by atoms with Crippen LogP contribution in [0.1, 0.15) is 0 Å². The second-order valence-electron chi connectivity index (χ2n) is 5.13. The van der Waals surface area contributed by atoms with Gasteiger partial charge < -0.3 is 11.1 Å². The standard InChI is InChI=1S/C18H14N4S/c19-18-21-15(14-11-23-16-9-5-4-8-13(14)16)10-17(22-18)20-12-6-2-1-3-7-12/h1-11H,(H3,19,20,21,22). The summed E-state index contributed by atoms with van der Waals surface area (Å²) in [6.45, 7) is 0. The van der Waals surface area contributed by atoms with Gasteiger partial charge in [-0.1, -0.05) is 36.4 Å². The smallest absolute Gasteiger partial charge is 0.222 e. The average Bonchev–Trinajstić information content (AvgIpc) is 2.99. The highest BCUT2D eigenvalue weighted by molar-refractivity contribution is 7.17. The van der Waals surface area contributed by atoms with E-state index in [0.29, 0.717) is 5.82 Å². The summed E-state index contributed by atoms with van der Waals surface area (Å²) in [6, 6.07) is 20.1. The molecular weight excluding hydrogens is 304 g/mol. The van der Waals surface area contributed by atoms with Crippen LogP contribution in [-0.4, -0.2) is 9.97 Å². The fraction of sp³-hybridized carbons (Fsp3) is 0. The molecule has 0 amide bonds. The summed E-state index contributed by atoms with van der Waals surface area (Å²) in [6.07, 6.45) is 0. The van der Waals surface area contributed by atoms with Gasteiger partial charge in [0.2, 0.25) is 5.95 Å². The molecule has 0 spiro atoms. The van der Waals surface area contributed by atoms with Gasteiger partial charge in [0.15, 0.2) is 0 Å². The molecule has 4 nitrogen and oxygen atoms in total. The first-order valence-electron chi connectivity index (χ1n) is 7.23. The third-order valence-corrected chi connectivity index (χ3v) is 4.51. The van der Waals surface area contributed by atoms with Crippen LogP contribution >= 0.6 is 11.3 Å². The van der Waals surface area contributed by atoms with E-state index in [4.69, 9.17) is 5.73 Å². The second kappa shape index (κ2) is 5.70. The highest BCUT2D eigenvalue weighted by atomic mass is 32.1. The number of nitrogens with two attached hydrogens (primary N) is 1. The Labute approximate surface area is 137 Å². The van der Waals surface area contributed by atoms with Gasteiger partial charge in [-0.05, 0) is 18.2 Å². The van der Waals surface area contributed by atoms with E-state index in [9.17, 15) is 0 Å². The Morgan fingerprint density at radius 2 is 1.70 bits per heavy atom. The van der Waals surface area contributed by atoms with Crippen LogP contribution in [0.2, 0.25) is 0 Å². The molecule has 0 saturated heterocycles. The molecule has 2 aromatic heterocycles. The quantitative estimate of drug-likeness (QED) is 0.575. The predicted molar refractivity (Wildman–Crippen MR) is 97.0 cm³/mol. The van der Waals surface area contributed by atoms with Crippen LogP contribution in [0.3, 0.4) is 0 Å². The number of nitrogens with one attached hydrogen (secondary N) is 1. The summed E-state index contributed by atoms with van der Waals surface area (Å²) < 4.78 is 1.23. The van der Waals surface area contributed by atoms with Crippen molar-refractivity contribution in [1.29, 1.82) is 0 Å². The molecule has 0 radical (unpaired) electrons. The topological polar surface area (TPSA) is 63.8 Å². The van der Waals surface area contributed by atoms with Crippen LogP contribution in [0.25, 0.3) is 21.3 Å². The third kappa shape index (κ3) is 2.74. The minimum Gasteiger partial charge on any atom is -0.368 e. The van der Waals surface area contributed by atoms with Crippen molar-refractivity contribution in [3.63, 3.8) is 0 Å². The lowest BCUT2D eigenvalue weighted by Gasteiger charge is -2.08. The number of para-hydroxylation sites is 1. The normalized spacial score (nSPS) is 10.8. The molecule has 0 aliphatic heterocycles. The van der Waals surface area contributed by atoms with Crippen molar-refractivity contribution in [2.75, 3.05) is 11.1 Å². The van der Waals surface area contributed by atoms with Gasteiger partial charge in [-0.2, -0.15) is 4.98 Å². The van der Waals surface area contributed by atoms with E-state index in [1.54, 1.807) is 11.3 Å². The largest absolute Gasteiger partial charge is 0.368 e. The maximum Gasteiger partial charge on any atom is 0.222 e. The first-order chi connectivity index (χ1) is 11.3. The van der Waals surface area contributed by atoms with Crippen molar-refractivity contribution in [3.8, 4) is 11.3 Å². The molecule has 0 unspecified atom stereocenters. The Morgan fingerprint density at radius 1 is 0.913 bits per heavy atom. The average molecular weight is 318 g/mol. The number of nitrogen functional groups attached to an aromatic ring is 1. The summed E-state index contributed by atoms with van der Waals surface area (Å²) in [5.74, 6) is 0.949. The Hall–Kier alpha value is -2.92. The molecule has 2 heterocycles. The number of hydrogen-bond donors (Lipinski definition) is 2. The molecule has 5 heteroatoms. The highest BCUT2D eigenvalue weighted by Gasteiger charge is 2.10. The molecule has 0 bridgehead atoms. The number of aromatic nitrogens is 2. The molecule has 0 atom stereocenters. The van der Waals surface area contributed by atoms with Crippen molar-refractivity contribution in [2.45, 2.75) is 0 Å². The van der Waals surface area contributed by atoms with Gasteiger partial charge in [-0.15, -0.1) is 11.3 Å². The second-order valence-corrected chi connectivity index (χ2v) is 6.04. The highest BCUT2D eigenvalue weighted by Crippen LogP contribution is 2.34. The lowest BCUT2D eigenvalue weighted by atomic mass is 10.1. The molecule has 3 N–H and O–H groups in total. The number of fused-ring (bicyclic) bond motifs is 1. The molecule has 0 fully saturated rings. The number of thiophene rings is 1. The summed E-state index contributed by atoms with van der Waals surface area (Å²) in [5.41, 5.74) is 8.78. The zero-order valence-corrected chi connectivity index (χ0v) is 13.0. The van der Waals surface area contributed by atoms with Crippen LogP contribution in [0.5, 0.6) is 0 Å². The van der Waals surface area contributed by atoms with E-state index >= 15 is 0 Å². The van der Waals surface area contributed by atoms with E-state index in [0.717, 1.165) is 16.9 Å². The first kappa shape index (κ1) is 13.7. The number of hydrogen-bond acceptors (Lipinski definition) is 5. The molecule has 4 aromatic rings. The molecule has 0 saturated carbocycles. The molecule has 2 aromatic carbocycles. The van der Waals surface area contributed by atoms with Gasteiger partial charge in [0, 0.05) is 32.8 Å². The summed E-state index contributed by atoms with van der Waals surface area (Å²) in [5, 5.41) is 6.56. The predicted octanol–water partition coefficient (Wildman–Crippen LogP) is 4.68. The summed E-state index contributed by atoms with van der Waals surface area (Å²) >= 11 is 1.70. The number of anilines is 3. The van der Waals surface area contributed by atoms with Gasteiger partial charge in [-0.25, -0.2) is 4.98 Å².